The quantitative estimate of drug-likeness (QED) is 0.238. The monoisotopic (exact) mass is 530 g/mol. The third kappa shape index (κ3) is 8.99. The fourth-order valence-electron chi connectivity index (χ4n) is 3.56. The summed E-state index contributed by atoms with van der Waals surface area (Å²) in [5.41, 5.74) is 5.34. The van der Waals surface area contributed by atoms with Crippen LogP contribution in [-0.4, -0.2) is 43.2 Å². The van der Waals surface area contributed by atoms with Gasteiger partial charge in [-0.15, -0.1) is 0 Å². The summed E-state index contributed by atoms with van der Waals surface area (Å²) in [5, 5.41) is 9.59. The highest BCUT2D eigenvalue weighted by Gasteiger charge is 2.24. The molecule has 3 aromatic carbocycles. The Bertz CT molecular complexity index is 1290. The Morgan fingerprint density at radius 3 is 2.31 bits per heavy atom. The minimum absolute atomic E-state index is 0.158. The largest absolute Gasteiger partial charge is 0.490 e. The van der Waals surface area contributed by atoms with Crippen LogP contribution < -0.4 is 25.5 Å². The first-order valence-corrected chi connectivity index (χ1v) is 12.7. The van der Waals surface area contributed by atoms with Crippen molar-refractivity contribution in [2.24, 2.45) is 11.0 Å². The van der Waals surface area contributed by atoms with Crippen LogP contribution in [0, 0.1) is 12.8 Å². The molecular weight excluding hydrogens is 496 g/mol. The fraction of sp³-hybridized carbons (Fsp3) is 0.267. The lowest BCUT2D eigenvalue weighted by Crippen LogP contribution is -2.48. The molecule has 0 aromatic heterocycles. The van der Waals surface area contributed by atoms with Crippen molar-refractivity contribution in [2.75, 3.05) is 18.5 Å². The van der Waals surface area contributed by atoms with Gasteiger partial charge in [0.2, 0.25) is 0 Å². The van der Waals surface area contributed by atoms with Gasteiger partial charge in [-0.1, -0.05) is 49.7 Å². The van der Waals surface area contributed by atoms with E-state index < -0.39 is 11.9 Å². The van der Waals surface area contributed by atoms with E-state index >= 15 is 0 Å². The van der Waals surface area contributed by atoms with Crippen LogP contribution >= 0.6 is 0 Å². The number of hydrogen-bond acceptors (Lipinski definition) is 6. The highest BCUT2D eigenvalue weighted by molar-refractivity contribution is 5.97. The number of amides is 3. The molecule has 0 heterocycles. The zero-order chi connectivity index (χ0) is 28.2. The third-order valence-corrected chi connectivity index (χ3v) is 5.62. The Morgan fingerprint density at radius 1 is 0.923 bits per heavy atom. The zero-order valence-corrected chi connectivity index (χ0v) is 22.6. The second-order valence-electron chi connectivity index (χ2n) is 9.14. The van der Waals surface area contributed by atoms with Gasteiger partial charge in [-0.25, -0.2) is 5.43 Å². The summed E-state index contributed by atoms with van der Waals surface area (Å²) in [6.07, 6.45) is 1.46. The van der Waals surface area contributed by atoms with Gasteiger partial charge in [-0.3, -0.25) is 14.4 Å². The molecule has 0 aliphatic rings. The van der Waals surface area contributed by atoms with E-state index in [9.17, 15) is 14.4 Å². The number of rotatable bonds is 12. The molecule has 204 valence electrons. The molecule has 0 aliphatic heterocycles. The van der Waals surface area contributed by atoms with E-state index in [0.717, 1.165) is 5.56 Å². The summed E-state index contributed by atoms with van der Waals surface area (Å²) < 4.78 is 11.3. The molecule has 3 aromatic rings. The number of para-hydroxylation sites is 1. The molecule has 1 unspecified atom stereocenters. The number of hydrogen-bond donors (Lipinski definition) is 3. The molecule has 3 N–H and O–H groups in total. The van der Waals surface area contributed by atoms with Gasteiger partial charge in [0.05, 0.1) is 12.8 Å². The lowest BCUT2D eigenvalue weighted by molar-refractivity contribution is -0.124. The highest BCUT2D eigenvalue weighted by Crippen LogP contribution is 2.28. The summed E-state index contributed by atoms with van der Waals surface area (Å²) >= 11 is 0. The number of anilines is 1. The lowest BCUT2D eigenvalue weighted by Gasteiger charge is -2.20. The number of benzene rings is 3. The minimum atomic E-state index is -0.771. The van der Waals surface area contributed by atoms with E-state index in [1.54, 1.807) is 42.5 Å². The number of hydrazone groups is 1. The van der Waals surface area contributed by atoms with Crippen LogP contribution in [0.2, 0.25) is 0 Å². The van der Waals surface area contributed by atoms with Gasteiger partial charge in [-0.05, 0) is 67.8 Å². The van der Waals surface area contributed by atoms with Crippen molar-refractivity contribution in [3.63, 3.8) is 0 Å². The van der Waals surface area contributed by atoms with Crippen LogP contribution in [0.1, 0.15) is 42.3 Å². The Morgan fingerprint density at radius 2 is 1.64 bits per heavy atom. The summed E-state index contributed by atoms with van der Waals surface area (Å²) in [6.45, 7) is 7.66. The molecular formula is C30H34N4O5. The predicted molar refractivity (Wildman–Crippen MR) is 151 cm³/mol. The van der Waals surface area contributed by atoms with E-state index in [2.05, 4.69) is 21.2 Å². The van der Waals surface area contributed by atoms with Crippen LogP contribution in [-0.2, 0) is 9.59 Å². The van der Waals surface area contributed by atoms with Gasteiger partial charge in [-0.2, -0.15) is 5.10 Å². The Hall–Kier alpha value is -4.66. The molecule has 9 nitrogen and oxygen atoms in total. The molecule has 0 fully saturated rings. The van der Waals surface area contributed by atoms with Crippen LogP contribution in [0.15, 0.2) is 77.9 Å². The molecule has 0 saturated heterocycles. The average Bonchev–Trinajstić information content (AvgIpc) is 2.92. The fourth-order valence-corrected chi connectivity index (χ4v) is 3.56. The molecule has 0 spiro atoms. The van der Waals surface area contributed by atoms with E-state index in [1.165, 1.54) is 6.21 Å². The number of ether oxygens (including phenoxy) is 2. The van der Waals surface area contributed by atoms with Gasteiger partial charge in [0.25, 0.3) is 17.7 Å². The van der Waals surface area contributed by atoms with Gasteiger partial charge >= 0.3 is 0 Å². The maximum Gasteiger partial charge on any atom is 0.262 e. The molecule has 0 aliphatic carbocycles. The van der Waals surface area contributed by atoms with Crippen LogP contribution in [0.25, 0.3) is 0 Å². The number of nitrogens with zero attached hydrogens (tertiary/aromatic N) is 1. The highest BCUT2D eigenvalue weighted by atomic mass is 16.5. The van der Waals surface area contributed by atoms with Gasteiger partial charge < -0.3 is 20.1 Å². The molecule has 3 rings (SSSR count). The summed E-state index contributed by atoms with van der Waals surface area (Å²) in [5.74, 6) is -0.384. The van der Waals surface area contributed by atoms with Crippen molar-refractivity contribution in [3.8, 4) is 11.5 Å². The van der Waals surface area contributed by atoms with E-state index in [-0.39, 0.29) is 24.3 Å². The molecule has 9 heteroatoms. The molecule has 0 radical (unpaired) electrons. The van der Waals surface area contributed by atoms with Gasteiger partial charge in [0, 0.05) is 11.3 Å². The summed E-state index contributed by atoms with van der Waals surface area (Å²) in [6, 6.07) is 20.5. The maximum absolute atomic E-state index is 12.8. The third-order valence-electron chi connectivity index (χ3n) is 5.62. The number of carbonyl (C=O) groups excluding carboxylic acids is 3. The van der Waals surface area contributed by atoms with E-state index in [4.69, 9.17) is 9.47 Å². The Labute approximate surface area is 228 Å². The van der Waals surface area contributed by atoms with Crippen molar-refractivity contribution in [2.45, 2.75) is 33.7 Å². The normalized spacial score (nSPS) is 11.6. The van der Waals surface area contributed by atoms with E-state index in [0.29, 0.717) is 34.9 Å². The molecule has 0 bridgehead atoms. The number of aryl methyl sites for hydroxylation is 1. The maximum atomic E-state index is 12.8. The summed E-state index contributed by atoms with van der Waals surface area (Å²) in [7, 11) is 0. The number of nitrogens with one attached hydrogen (secondary N) is 3. The van der Waals surface area contributed by atoms with E-state index in [1.807, 2.05) is 58.0 Å². The first kappa shape index (κ1) is 28.9. The lowest BCUT2D eigenvalue weighted by atomic mass is 10.0. The minimum Gasteiger partial charge on any atom is -0.490 e. The molecule has 3 amide bonds. The molecule has 39 heavy (non-hydrogen) atoms. The Balaban J connectivity index is 1.59. The standard InChI is InChI=1S/C30H34N4O5/c1-5-38-26-17-22(13-16-25(26)39-19-27(35)32-24-9-7-6-8-10-24)18-31-34-30(37)28(20(2)3)33-29(36)23-14-11-21(4)12-15-23/h6-18,20,28H,5,19H2,1-4H3,(H,32,35)(H,33,36)(H,34,37). The van der Waals surface area contributed by atoms with Crippen molar-refractivity contribution < 1.29 is 23.9 Å². The molecule has 0 saturated carbocycles. The van der Waals surface area contributed by atoms with Crippen molar-refractivity contribution in [3.05, 3.63) is 89.5 Å². The molecule has 1 atom stereocenters. The number of carbonyl (C=O) groups is 3. The van der Waals surface area contributed by atoms with Crippen molar-refractivity contribution >= 4 is 29.6 Å². The second kappa shape index (κ2) is 14.3. The van der Waals surface area contributed by atoms with Gasteiger partial charge in [0.15, 0.2) is 18.1 Å². The topological polar surface area (TPSA) is 118 Å². The van der Waals surface area contributed by atoms with Crippen molar-refractivity contribution in [1.29, 1.82) is 0 Å². The van der Waals surface area contributed by atoms with Crippen molar-refractivity contribution in [1.82, 2.24) is 10.7 Å². The van der Waals surface area contributed by atoms with Crippen LogP contribution in [0.5, 0.6) is 11.5 Å². The zero-order valence-electron chi connectivity index (χ0n) is 22.6. The smallest absolute Gasteiger partial charge is 0.262 e. The summed E-state index contributed by atoms with van der Waals surface area (Å²) in [4.78, 5) is 37.6. The SMILES string of the molecule is CCOc1cc(C=NNC(=O)C(NC(=O)c2ccc(C)cc2)C(C)C)ccc1OCC(=O)Nc1ccccc1. The average molecular weight is 531 g/mol. The first-order chi connectivity index (χ1) is 18.8. The van der Waals surface area contributed by atoms with Gasteiger partial charge in [0.1, 0.15) is 6.04 Å². The predicted octanol–water partition coefficient (Wildman–Crippen LogP) is 4.32. The van der Waals surface area contributed by atoms with Crippen LogP contribution in [0.4, 0.5) is 5.69 Å². The second-order valence-corrected chi connectivity index (χ2v) is 9.14. The Kier molecular flexibility index (Phi) is 10.6. The first-order valence-electron chi connectivity index (χ1n) is 12.7. The van der Waals surface area contributed by atoms with Crippen LogP contribution in [0.3, 0.4) is 0 Å².